The molecule has 0 aromatic heterocycles. The zero-order valence-electron chi connectivity index (χ0n) is 16.4. The summed E-state index contributed by atoms with van der Waals surface area (Å²) in [6.45, 7) is 0.284. The SMILES string of the molecule is O=C(CN1C(=O)N[C@@H](Cc2ccccc2)C1=O)NC(=O)Nc1ccc2c(c1)OCCO2. The molecule has 6 amide bonds. The minimum Gasteiger partial charge on any atom is -0.486 e. The molecule has 10 nitrogen and oxygen atoms in total. The van der Waals surface area contributed by atoms with Crippen LogP contribution in [0.25, 0.3) is 0 Å². The highest BCUT2D eigenvalue weighted by molar-refractivity contribution is 6.09. The number of hydrogen-bond acceptors (Lipinski definition) is 6. The Balaban J connectivity index is 1.30. The van der Waals surface area contributed by atoms with Crippen molar-refractivity contribution in [2.75, 3.05) is 25.1 Å². The van der Waals surface area contributed by atoms with E-state index < -0.39 is 36.5 Å². The maximum Gasteiger partial charge on any atom is 0.325 e. The van der Waals surface area contributed by atoms with E-state index in [9.17, 15) is 19.2 Å². The number of carbonyl (C=O) groups is 4. The monoisotopic (exact) mass is 424 g/mol. The van der Waals surface area contributed by atoms with Crippen LogP contribution in [0.5, 0.6) is 11.5 Å². The summed E-state index contributed by atoms with van der Waals surface area (Å²) in [6, 6.07) is 11.8. The van der Waals surface area contributed by atoms with Crippen LogP contribution in [-0.2, 0) is 16.0 Å². The molecular formula is C21H20N4O6. The number of rotatable bonds is 5. The van der Waals surface area contributed by atoms with Crippen molar-refractivity contribution in [1.82, 2.24) is 15.5 Å². The van der Waals surface area contributed by atoms with Gasteiger partial charge in [0.2, 0.25) is 5.91 Å². The van der Waals surface area contributed by atoms with Gasteiger partial charge in [-0.15, -0.1) is 0 Å². The van der Waals surface area contributed by atoms with Gasteiger partial charge in [-0.25, -0.2) is 9.59 Å². The molecular weight excluding hydrogens is 404 g/mol. The molecule has 2 aromatic carbocycles. The number of imide groups is 2. The van der Waals surface area contributed by atoms with Gasteiger partial charge in [0, 0.05) is 18.2 Å². The molecule has 10 heteroatoms. The first-order valence-corrected chi connectivity index (χ1v) is 9.66. The Hall–Kier alpha value is -4.08. The van der Waals surface area contributed by atoms with Gasteiger partial charge in [0.25, 0.3) is 5.91 Å². The minimum absolute atomic E-state index is 0.314. The number of urea groups is 2. The number of carbonyl (C=O) groups excluding carboxylic acids is 4. The Labute approximate surface area is 177 Å². The molecule has 0 saturated carbocycles. The average molecular weight is 424 g/mol. The van der Waals surface area contributed by atoms with Crippen molar-refractivity contribution in [3.8, 4) is 11.5 Å². The Morgan fingerprint density at radius 1 is 1.03 bits per heavy atom. The first kappa shape index (κ1) is 20.2. The van der Waals surface area contributed by atoms with E-state index in [1.807, 2.05) is 30.3 Å². The van der Waals surface area contributed by atoms with Crippen LogP contribution in [-0.4, -0.2) is 54.6 Å². The van der Waals surface area contributed by atoms with Crippen molar-refractivity contribution in [2.45, 2.75) is 12.5 Å². The molecule has 4 rings (SSSR count). The number of hydrogen-bond donors (Lipinski definition) is 3. The van der Waals surface area contributed by atoms with Crippen LogP contribution in [0, 0.1) is 0 Å². The molecule has 2 aliphatic rings. The summed E-state index contributed by atoms with van der Waals surface area (Å²) in [6.07, 6.45) is 0.314. The lowest BCUT2D eigenvalue weighted by Gasteiger charge is -2.19. The van der Waals surface area contributed by atoms with E-state index in [0.717, 1.165) is 10.5 Å². The third-order valence-corrected chi connectivity index (χ3v) is 4.74. The predicted molar refractivity (Wildman–Crippen MR) is 109 cm³/mol. The number of amides is 6. The van der Waals surface area contributed by atoms with Gasteiger partial charge in [0.1, 0.15) is 25.8 Å². The number of nitrogens with one attached hydrogen (secondary N) is 3. The quantitative estimate of drug-likeness (QED) is 0.621. The highest BCUT2D eigenvalue weighted by atomic mass is 16.6. The molecule has 0 radical (unpaired) electrons. The lowest BCUT2D eigenvalue weighted by Crippen LogP contribution is -2.44. The van der Waals surface area contributed by atoms with Crippen molar-refractivity contribution in [2.24, 2.45) is 0 Å². The van der Waals surface area contributed by atoms with Crippen molar-refractivity contribution in [3.05, 3.63) is 54.1 Å². The van der Waals surface area contributed by atoms with Crippen LogP contribution in [0.1, 0.15) is 5.56 Å². The van der Waals surface area contributed by atoms with Crippen LogP contribution in [0.3, 0.4) is 0 Å². The number of ether oxygens (including phenoxy) is 2. The van der Waals surface area contributed by atoms with E-state index >= 15 is 0 Å². The smallest absolute Gasteiger partial charge is 0.325 e. The summed E-state index contributed by atoms with van der Waals surface area (Å²) in [5.74, 6) is -0.258. The third kappa shape index (κ3) is 4.74. The molecule has 0 spiro atoms. The Bertz CT molecular complexity index is 1030. The Kier molecular flexibility index (Phi) is 5.69. The van der Waals surface area contributed by atoms with E-state index in [2.05, 4.69) is 16.0 Å². The Morgan fingerprint density at radius 3 is 2.55 bits per heavy atom. The van der Waals surface area contributed by atoms with E-state index in [1.54, 1.807) is 18.2 Å². The standard InChI is InChI=1S/C21H20N4O6/c26-18(24-20(28)22-14-6-7-16-17(11-14)31-9-8-30-16)12-25-19(27)15(23-21(25)29)10-13-4-2-1-3-5-13/h1-7,11,15H,8-10,12H2,(H,23,29)(H2,22,24,26,28)/t15-/m0/s1. The lowest BCUT2D eigenvalue weighted by molar-refractivity contribution is -0.131. The van der Waals surface area contributed by atoms with Crippen molar-refractivity contribution in [1.29, 1.82) is 0 Å². The molecule has 0 bridgehead atoms. The van der Waals surface area contributed by atoms with Crippen LogP contribution in [0.4, 0.5) is 15.3 Å². The van der Waals surface area contributed by atoms with Crippen LogP contribution in [0.15, 0.2) is 48.5 Å². The lowest BCUT2D eigenvalue weighted by atomic mass is 10.1. The molecule has 160 valence electrons. The summed E-state index contributed by atoms with van der Waals surface area (Å²) >= 11 is 0. The van der Waals surface area contributed by atoms with Crippen molar-refractivity contribution in [3.63, 3.8) is 0 Å². The van der Waals surface area contributed by atoms with E-state index in [0.29, 0.717) is 36.8 Å². The molecule has 2 heterocycles. The van der Waals surface area contributed by atoms with Gasteiger partial charge in [0.05, 0.1) is 0 Å². The first-order valence-electron chi connectivity index (χ1n) is 9.66. The summed E-state index contributed by atoms with van der Waals surface area (Å²) in [4.78, 5) is 49.7. The maximum absolute atomic E-state index is 12.5. The number of anilines is 1. The molecule has 2 aromatic rings. The van der Waals surface area contributed by atoms with E-state index in [1.165, 1.54) is 0 Å². The molecule has 1 atom stereocenters. The van der Waals surface area contributed by atoms with Crippen molar-refractivity contribution < 1.29 is 28.7 Å². The first-order chi connectivity index (χ1) is 15.0. The summed E-state index contributed by atoms with van der Waals surface area (Å²) < 4.78 is 10.8. The van der Waals surface area contributed by atoms with Crippen LogP contribution in [0.2, 0.25) is 0 Å². The van der Waals surface area contributed by atoms with Gasteiger partial charge in [-0.1, -0.05) is 30.3 Å². The van der Waals surface area contributed by atoms with E-state index in [-0.39, 0.29) is 0 Å². The third-order valence-electron chi connectivity index (χ3n) is 4.74. The molecule has 2 aliphatic heterocycles. The fourth-order valence-electron chi connectivity index (χ4n) is 3.31. The van der Waals surface area contributed by atoms with Gasteiger partial charge in [-0.2, -0.15) is 0 Å². The van der Waals surface area contributed by atoms with Gasteiger partial charge < -0.3 is 20.1 Å². The molecule has 0 aliphatic carbocycles. The molecule has 31 heavy (non-hydrogen) atoms. The van der Waals surface area contributed by atoms with Gasteiger partial charge in [0.15, 0.2) is 11.5 Å². The zero-order chi connectivity index (χ0) is 21.8. The van der Waals surface area contributed by atoms with Gasteiger partial charge in [-0.3, -0.25) is 19.8 Å². The Morgan fingerprint density at radius 2 is 1.77 bits per heavy atom. The maximum atomic E-state index is 12.5. The molecule has 3 N–H and O–H groups in total. The highest BCUT2D eigenvalue weighted by Crippen LogP contribution is 2.32. The second-order valence-electron chi connectivity index (χ2n) is 6.98. The van der Waals surface area contributed by atoms with Gasteiger partial charge >= 0.3 is 12.1 Å². The fraction of sp³-hybridized carbons (Fsp3) is 0.238. The van der Waals surface area contributed by atoms with Gasteiger partial charge in [-0.05, 0) is 17.7 Å². The normalized spacial score (nSPS) is 17.2. The van der Waals surface area contributed by atoms with Crippen molar-refractivity contribution >= 4 is 29.6 Å². The predicted octanol–water partition coefficient (Wildman–Crippen LogP) is 1.27. The number of benzene rings is 2. The highest BCUT2D eigenvalue weighted by Gasteiger charge is 2.39. The minimum atomic E-state index is -0.797. The molecule has 1 fully saturated rings. The average Bonchev–Trinajstić information content (AvgIpc) is 3.01. The number of nitrogens with zero attached hydrogens (tertiary/aromatic N) is 1. The summed E-state index contributed by atoms with van der Waals surface area (Å²) in [5, 5.41) is 7.17. The largest absolute Gasteiger partial charge is 0.486 e. The van der Waals surface area contributed by atoms with Crippen LogP contribution < -0.4 is 25.4 Å². The molecule has 1 saturated heterocycles. The summed E-state index contributed by atoms with van der Waals surface area (Å²) in [7, 11) is 0. The van der Waals surface area contributed by atoms with Crippen LogP contribution >= 0.6 is 0 Å². The zero-order valence-corrected chi connectivity index (χ0v) is 16.4. The second-order valence-corrected chi connectivity index (χ2v) is 6.98. The van der Waals surface area contributed by atoms with E-state index in [4.69, 9.17) is 9.47 Å². The number of fused-ring (bicyclic) bond motifs is 1. The molecule has 0 unspecified atom stereocenters. The fourth-order valence-corrected chi connectivity index (χ4v) is 3.31. The second kappa shape index (κ2) is 8.74. The summed E-state index contributed by atoms with van der Waals surface area (Å²) in [5.41, 5.74) is 1.28. The topological polar surface area (TPSA) is 126 Å².